The Kier molecular flexibility index (Phi) is 5.95. The quantitative estimate of drug-likeness (QED) is 0.514. The van der Waals surface area contributed by atoms with Gasteiger partial charge in [0.15, 0.2) is 0 Å². The average Bonchev–Trinajstić information content (AvgIpc) is 3.31. The van der Waals surface area contributed by atoms with Crippen LogP contribution in [0, 0.1) is 6.92 Å². The van der Waals surface area contributed by atoms with E-state index in [-0.39, 0.29) is 18.3 Å². The van der Waals surface area contributed by atoms with Crippen molar-refractivity contribution in [2.24, 2.45) is 0 Å². The number of aromatic hydroxyl groups is 1. The lowest BCUT2D eigenvalue weighted by Crippen LogP contribution is -2.31. The van der Waals surface area contributed by atoms with Gasteiger partial charge in [0, 0.05) is 24.3 Å². The Hall–Kier alpha value is -3.32. The van der Waals surface area contributed by atoms with Crippen LogP contribution in [0.15, 0.2) is 42.5 Å². The molecule has 31 heavy (non-hydrogen) atoms. The molecule has 2 aromatic carbocycles. The number of aryl methyl sites for hydroxylation is 1. The first-order chi connectivity index (χ1) is 15.0. The second-order valence-corrected chi connectivity index (χ2v) is 7.78. The summed E-state index contributed by atoms with van der Waals surface area (Å²) in [6.07, 6.45) is 1.37. The number of amides is 1. The van der Waals surface area contributed by atoms with Crippen LogP contribution in [0.5, 0.6) is 11.5 Å². The van der Waals surface area contributed by atoms with Crippen molar-refractivity contribution in [2.75, 3.05) is 19.8 Å². The highest BCUT2D eigenvalue weighted by molar-refractivity contribution is 6.00. The van der Waals surface area contributed by atoms with E-state index in [9.17, 15) is 15.0 Å². The van der Waals surface area contributed by atoms with Gasteiger partial charge in [-0.05, 0) is 49.6 Å². The van der Waals surface area contributed by atoms with Crippen molar-refractivity contribution in [3.63, 3.8) is 0 Å². The summed E-state index contributed by atoms with van der Waals surface area (Å²) in [5.41, 5.74) is 4.17. The van der Waals surface area contributed by atoms with Crippen molar-refractivity contribution in [1.29, 1.82) is 0 Å². The van der Waals surface area contributed by atoms with Gasteiger partial charge in [-0.2, -0.15) is 5.10 Å². The van der Waals surface area contributed by atoms with Crippen LogP contribution in [0.3, 0.4) is 0 Å². The summed E-state index contributed by atoms with van der Waals surface area (Å²) in [6.45, 7) is 5.01. The molecule has 0 saturated heterocycles. The molecule has 4 rings (SSSR count). The Morgan fingerprint density at radius 2 is 2.06 bits per heavy atom. The minimum Gasteiger partial charge on any atom is -0.507 e. The zero-order valence-electron chi connectivity index (χ0n) is 17.8. The summed E-state index contributed by atoms with van der Waals surface area (Å²) >= 11 is 0. The van der Waals surface area contributed by atoms with Gasteiger partial charge >= 0.3 is 0 Å². The fraction of sp³-hybridized carbons (Fsp3) is 0.333. The number of carbonyl (C=O) groups excluding carboxylic acids is 1. The fourth-order valence-corrected chi connectivity index (χ4v) is 4.05. The van der Waals surface area contributed by atoms with Gasteiger partial charge in [0.25, 0.3) is 5.91 Å². The number of nitrogens with one attached hydrogen (secondary N) is 1. The molecular weight excluding hydrogens is 394 g/mol. The van der Waals surface area contributed by atoms with Crippen LogP contribution in [-0.4, -0.2) is 51.0 Å². The Morgan fingerprint density at radius 1 is 1.23 bits per heavy atom. The Morgan fingerprint density at radius 3 is 2.84 bits per heavy atom. The maximum Gasteiger partial charge on any atom is 0.273 e. The first-order valence-corrected chi connectivity index (χ1v) is 10.6. The van der Waals surface area contributed by atoms with E-state index in [0.717, 1.165) is 28.9 Å². The predicted molar refractivity (Wildman–Crippen MR) is 117 cm³/mol. The summed E-state index contributed by atoms with van der Waals surface area (Å²) < 4.78 is 5.81. The molecule has 162 valence electrons. The lowest BCUT2D eigenvalue weighted by atomic mass is 9.95. The van der Waals surface area contributed by atoms with Gasteiger partial charge in [-0.25, -0.2) is 0 Å². The fourth-order valence-electron chi connectivity index (χ4n) is 4.05. The van der Waals surface area contributed by atoms with E-state index in [2.05, 4.69) is 17.1 Å². The highest BCUT2D eigenvalue weighted by Crippen LogP contribution is 2.45. The molecule has 0 unspecified atom stereocenters. The summed E-state index contributed by atoms with van der Waals surface area (Å²) in [5, 5.41) is 27.2. The average molecular weight is 421 g/mol. The number of ether oxygens (including phenoxy) is 1. The number of benzene rings is 2. The number of carbonyl (C=O) groups is 1. The van der Waals surface area contributed by atoms with Crippen molar-refractivity contribution in [3.8, 4) is 22.8 Å². The van der Waals surface area contributed by atoms with Gasteiger partial charge in [-0.1, -0.05) is 30.7 Å². The topological polar surface area (TPSA) is 98.7 Å². The second-order valence-electron chi connectivity index (χ2n) is 7.78. The van der Waals surface area contributed by atoms with Crippen molar-refractivity contribution < 1.29 is 19.7 Å². The number of aromatic nitrogens is 2. The summed E-state index contributed by atoms with van der Waals surface area (Å²) in [4.78, 5) is 15.0. The lowest BCUT2D eigenvalue weighted by Gasteiger charge is -2.26. The molecule has 0 saturated carbocycles. The first kappa shape index (κ1) is 20.9. The number of nitrogens with zero attached hydrogens (tertiary/aromatic N) is 2. The molecule has 2 heterocycles. The highest BCUT2D eigenvalue weighted by atomic mass is 16.5. The monoisotopic (exact) mass is 421 g/mol. The molecular formula is C24H27N3O4. The molecule has 3 aromatic rings. The number of hydrogen-bond donors (Lipinski definition) is 3. The van der Waals surface area contributed by atoms with Gasteiger partial charge in [0.05, 0.1) is 12.6 Å². The van der Waals surface area contributed by atoms with Gasteiger partial charge in [0.2, 0.25) is 0 Å². The number of aromatic amines is 1. The molecule has 1 aliphatic rings. The largest absolute Gasteiger partial charge is 0.507 e. The van der Waals surface area contributed by atoms with E-state index in [1.165, 1.54) is 0 Å². The SMILES string of the molecule is CCCOc1cccc([C@H]2c3c(-c4cc(C)ccc4O)n[nH]c3C(=O)N2CCCO)c1. The van der Waals surface area contributed by atoms with Gasteiger partial charge in [0.1, 0.15) is 22.9 Å². The molecule has 0 spiro atoms. The first-order valence-electron chi connectivity index (χ1n) is 10.6. The lowest BCUT2D eigenvalue weighted by molar-refractivity contribution is 0.0732. The van der Waals surface area contributed by atoms with Crippen LogP contribution in [0.4, 0.5) is 0 Å². The number of phenolic OH excluding ortho intramolecular Hbond substituents is 1. The standard InChI is InChI=1S/C24H27N3O4/c1-3-12-31-17-7-4-6-16(14-17)23-20-21(18-13-15(2)8-9-19(18)29)25-26-22(20)24(30)27(23)10-5-11-28/h4,6-9,13-14,23,28-29H,3,5,10-12H2,1-2H3,(H,25,26)/t23-/m0/s1. The smallest absolute Gasteiger partial charge is 0.273 e. The second kappa shape index (κ2) is 8.81. The minimum atomic E-state index is -0.395. The van der Waals surface area contributed by atoms with E-state index < -0.39 is 6.04 Å². The molecule has 7 heteroatoms. The minimum absolute atomic E-state index is 0.00609. The molecule has 7 nitrogen and oxygen atoms in total. The molecule has 0 radical (unpaired) electrons. The van der Waals surface area contributed by atoms with Crippen LogP contribution >= 0.6 is 0 Å². The van der Waals surface area contributed by atoms with Crippen LogP contribution in [0.2, 0.25) is 0 Å². The number of hydrogen-bond acceptors (Lipinski definition) is 5. The Labute approximate surface area is 181 Å². The number of fused-ring (bicyclic) bond motifs is 1. The van der Waals surface area contributed by atoms with Gasteiger partial charge < -0.3 is 19.8 Å². The maximum absolute atomic E-state index is 13.2. The molecule has 1 amide bonds. The molecule has 0 fully saturated rings. The molecule has 0 bridgehead atoms. The molecule has 0 aliphatic carbocycles. The van der Waals surface area contributed by atoms with Crippen molar-refractivity contribution in [3.05, 3.63) is 64.8 Å². The van der Waals surface area contributed by atoms with Crippen molar-refractivity contribution >= 4 is 5.91 Å². The van der Waals surface area contributed by atoms with E-state index in [1.54, 1.807) is 11.0 Å². The summed E-state index contributed by atoms with van der Waals surface area (Å²) in [7, 11) is 0. The van der Waals surface area contributed by atoms with Crippen LogP contribution in [0.25, 0.3) is 11.3 Å². The molecule has 1 aromatic heterocycles. The number of rotatable bonds is 8. The number of H-pyrrole nitrogens is 1. The number of aliphatic hydroxyl groups is 1. The maximum atomic E-state index is 13.2. The van der Waals surface area contributed by atoms with Crippen molar-refractivity contribution in [2.45, 2.75) is 32.7 Å². The van der Waals surface area contributed by atoms with E-state index in [4.69, 9.17) is 4.74 Å². The third-order valence-corrected chi connectivity index (χ3v) is 5.47. The number of aliphatic hydroxyl groups excluding tert-OH is 1. The summed E-state index contributed by atoms with van der Waals surface area (Å²) in [6, 6.07) is 12.7. The summed E-state index contributed by atoms with van der Waals surface area (Å²) in [5.74, 6) is 0.685. The van der Waals surface area contributed by atoms with Crippen LogP contribution in [-0.2, 0) is 0 Å². The molecule has 1 aliphatic heterocycles. The van der Waals surface area contributed by atoms with E-state index in [0.29, 0.717) is 36.5 Å². The highest BCUT2D eigenvalue weighted by Gasteiger charge is 2.42. The zero-order chi connectivity index (χ0) is 22.0. The van der Waals surface area contributed by atoms with Gasteiger partial charge in [-0.3, -0.25) is 9.89 Å². The van der Waals surface area contributed by atoms with E-state index in [1.807, 2.05) is 43.3 Å². The Bertz CT molecular complexity index is 1090. The van der Waals surface area contributed by atoms with Crippen LogP contribution in [0.1, 0.15) is 53.0 Å². The number of phenols is 1. The Balaban J connectivity index is 1.85. The van der Waals surface area contributed by atoms with E-state index >= 15 is 0 Å². The van der Waals surface area contributed by atoms with Crippen molar-refractivity contribution in [1.82, 2.24) is 15.1 Å². The third-order valence-electron chi connectivity index (χ3n) is 5.47. The third kappa shape index (κ3) is 3.88. The van der Waals surface area contributed by atoms with Gasteiger partial charge in [-0.15, -0.1) is 0 Å². The molecule has 1 atom stereocenters. The van der Waals surface area contributed by atoms with Crippen LogP contribution < -0.4 is 4.74 Å². The normalized spacial score (nSPS) is 15.4. The predicted octanol–water partition coefficient (Wildman–Crippen LogP) is 3.81. The molecule has 3 N–H and O–H groups in total. The zero-order valence-corrected chi connectivity index (χ0v) is 17.8.